The number of amides is 2. The first-order chi connectivity index (χ1) is 13.7. The molecule has 2 fully saturated rings. The van der Waals surface area contributed by atoms with Gasteiger partial charge < -0.3 is 10.2 Å². The summed E-state index contributed by atoms with van der Waals surface area (Å²) >= 11 is 0. The zero-order valence-electron chi connectivity index (χ0n) is 16.6. The monoisotopic (exact) mass is 383 g/mol. The van der Waals surface area contributed by atoms with E-state index in [1.807, 2.05) is 29.8 Å². The predicted octanol–water partition coefficient (Wildman–Crippen LogP) is 2.33. The fourth-order valence-corrected chi connectivity index (χ4v) is 4.39. The lowest BCUT2D eigenvalue weighted by molar-refractivity contribution is 0.209. The Morgan fingerprint density at radius 2 is 2.04 bits per heavy atom. The van der Waals surface area contributed by atoms with Crippen molar-refractivity contribution < 1.29 is 4.79 Å². The molecule has 3 N–H and O–H groups in total. The second-order valence-electron chi connectivity index (χ2n) is 7.82. The molecule has 2 heterocycles. The number of rotatable bonds is 5. The summed E-state index contributed by atoms with van der Waals surface area (Å²) < 4.78 is 1.83. The number of nitrogens with one attached hydrogen (secondary N) is 3. The Hall–Kier alpha value is -2.45. The Morgan fingerprint density at radius 3 is 2.82 bits per heavy atom. The van der Waals surface area contributed by atoms with Gasteiger partial charge in [-0.2, -0.15) is 0 Å². The highest BCUT2D eigenvalue weighted by molar-refractivity contribution is 5.90. The zero-order valence-corrected chi connectivity index (χ0v) is 16.6. The number of fused-ring (bicyclic) bond motifs is 1. The second kappa shape index (κ2) is 8.28. The summed E-state index contributed by atoms with van der Waals surface area (Å²) in [5.74, 6) is 0.604. The van der Waals surface area contributed by atoms with Gasteiger partial charge in [0.15, 0.2) is 0 Å². The third kappa shape index (κ3) is 3.88. The maximum Gasteiger partial charge on any atom is 0.321 e. The van der Waals surface area contributed by atoms with Crippen molar-refractivity contribution in [3.05, 3.63) is 36.4 Å². The van der Waals surface area contributed by atoms with Crippen LogP contribution >= 0.6 is 0 Å². The molecule has 1 aliphatic heterocycles. The van der Waals surface area contributed by atoms with Crippen LogP contribution in [0.25, 0.3) is 5.69 Å². The van der Waals surface area contributed by atoms with Crippen LogP contribution in [0.4, 0.5) is 10.5 Å². The summed E-state index contributed by atoms with van der Waals surface area (Å²) in [7, 11) is 1.86. The Bertz CT molecular complexity index is 807. The van der Waals surface area contributed by atoms with E-state index in [0.29, 0.717) is 24.5 Å². The van der Waals surface area contributed by atoms with Gasteiger partial charge in [0.1, 0.15) is 12.7 Å². The number of likely N-dealkylation sites (N-methyl/N-ethyl adjacent to an activating group) is 1. The van der Waals surface area contributed by atoms with Crippen LogP contribution in [0.1, 0.15) is 38.2 Å². The van der Waals surface area contributed by atoms with Crippen molar-refractivity contribution in [1.82, 2.24) is 30.5 Å². The molecule has 1 saturated carbocycles. The standard InChI is InChI=1S/C20H29N7O/c1-3-14-8-9-15(27-12-21-22-13-27)10-18(14)23-20(28)26(2)11-19-16-6-4-5-7-17(16)24-25-19/h8-10,12-13,16-17,19,24-25H,3-7,11H2,1-2H3,(H,23,28). The Morgan fingerprint density at radius 1 is 1.25 bits per heavy atom. The molecule has 2 aromatic rings. The number of hydrogen-bond donors (Lipinski definition) is 3. The molecule has 28 heavy (non-hydrogen) atoms. The quantitative estimate of drug-likeness (QED) is 0.738. The lowest BCUT2D eigenvalue weighted by atomic mass is 9.82. The molecular formula is C20H29N7O. The molecule has 4 rings (SSSR count). The van der Waals surface area contributed by atoms with Crippen molar-refractivity contribution in [2.24, 2.45) is 5.92 Å². The van der Waals surface area contributed by atoms with E-state index in [4.69, 9.17) is 0 Å². The maximum atomic E-state index is 12.9. The number of hydrogen-bond acceptors (Lipinski definition) is 5. The minimum absolute atomic E-state index is 0.0864. The number of hydrazine groups is 1. The van der Waals surface area contributed by atoms with Gasteiger partial charge in [-0.05, 0) is 42.9 Å². The van der Waals surface area contributed by atoms with Gasteiger partial charge in [0, 0.05) is 31.4 Å². The molecule has 2 amide bonds. The molecule has 0 bridgehead atoms. The van der Waals surface area contributed by atoms with Gasteiger partial charge in [0.05, 0.1) is 5.69 Å². The van der Waals surface area contributed by atoms with E-state index in [-0.39, 0.29) is 6.03 Å². The number of aromatic nitrogens is 3. The average Bonchev–Trinajstić information content (AvgIpc) is 3.38. The van der Waals surface area contributed by atoms with E-state index in [1.165, 1.54) is 25.7 Å². The maximum absolute atomic E-state index is 12.9. The molecular weight excluding hydrogens is 354 g/mol. The van der Waals surface area contributed by atoms with Crippen LogP contribution in [0.2, 0.25) is 0 Å². The van der Waals surface area contributed by atoms with Crippen LogP contribution < -0.4 is 16.2 Å². The van der Waals surface area contributed by atoms with Gasteiger partial charge in [-0.1, -0.05) is 25.8 Å². The summed E-state index contributed by atoms with van der Waals surface area (Å²) in [6.07, 6.45) is 9.18. The van der Waals surface area contributed by atoms with E-state index in [9.17, 15) is 4.79 Å². The lowest BCUT2D eigenvalue weighted by Gasteiger charge is -2.29. The minimum Gasteiger partial charge on any atom is -0.326 e. The van der Waals surface area contributed by atoms with Crippen molar-refractivity contribution in [1.29, 1.82) is 0 Å². The second-order valence-corrected chi connectivity index (χ2v) is 7.82. The van der Waals surface area contributed by atoms with E-state index in [0.717, 1.165) is 23.4 Å². The number of nitrogens with zero attached hydrogens (tertiary/aromatic N) is 4. The smallest absolute Gasteiger partial charge is 0.321 e. The van der Waals surface area contributed by atoms with E-state index in [1.54, 1.807) is 17.6 Å². The van der Waals surface area contributed by atoms with Crippen LogP contribution in [0.5, 0.6) is 0 Å². The van der Waals surface area contributed by atoms with E-state index < -0.39 is 0 Å². The molecule has 150 valence electrons. The highest BCUT2D eigenvalue weighted by Gasteiger charge is 2.37. The molecule has 8 heteroatoms. The van der Waals surface area contributed by atoms with Gasteiger partial charge in [0.2, 0.25) is 0 Å². The fourth-order valence-electron chi connectivity index (χ4n) is 4.39. The van der Waals surface area contributed by atoms with Crippen LogP contribution in [0.15, 0.2) is 30.9 Å². The summed E-state index contributed by atoms with van der Waals surface area (Å²) in [4.78, 5) is 14.6. The van der Waals surface area contributed by atoms with Crippen molar-refractivity contribution in [2.75, 3.05) is 18.9 Å². The van der Waals surface area contributed by atoms with Crippen LogP contribution in [-0.2, 0) is 6.42 Å². The van der Waals surface area contributed by atoms with Crippen molar-refractivity contribution >= 4 is 11.7 Å². The van der Waals surface area contributed by atoms with Gasteiger partial charge >= 0.3 is 6.03 Å². The first-order valence-corrected chi connectivity index (χ1v) is 10.2. The van der Waals surface area contributed by atoms with Gasteiger partial charge in [0.25, 0.3) is 0 Å². The highest BCUT2D eigenvalue weighted by Crippen LogP contribution is 2.30. The van der Waals surface area contributed by atoms with Gasteiger partial charge in [-0.3, -0.25) is 15.4 Å². The van der Waals surface area contributed by atoms with Crippen LogP contribution in [-0.4, -0.2) is 51.4 Å². The molecule has 2 aliphatic rings. The molecule has 1 aromatic heterocycles. The zero-order chi connectivity index (χ0) is 19.5. The Balaban J connectivity index is 1.43. The van der Waals surface area contributed by atoms with E-state index in [2.05, 4.69) is 33.3 Å². The van der Waals surface area contributed by atoms with Crippen molar-refractivity contribution in [3.8, 4) is 5.69 Å². The molecule has 1 aromatic carbocycles. The van der Waals surface area contributed by atoms with Gasteiger partial charge in [-0.15, -0.1) is 10.2 Å². The largest absolute Gasteiger partial charge is 0.326 e. The van der Waals surface area contributed by atoms with Crippen molar-refractivity contribution in [2.45, 2.75) is 51.1 Å². The third-order valence-electron chi connectivity index (χ3n) is 6.04. The Labute approximate surface area is 165 Å². The molecule has 0 spiro atoms. The first-order valence-electron chi connectivity index (χ1n) is 10.2. The average molecular weight is 384 g/mol. The number of carbonyl (C=O) groups excluding carboxylic acids is 1. The normalized spacial score (nSPS) is 24.0. The molecule has 1 saturated heterocycles. The summed E-state index contributed by atoms with van der Waals surface area (Å²) in [6, 6.07) is 6.79. The van der Waals surface area contributed by atoms with Crippen LogP contribution in [0.3, 0.4) is 0 Å². The minimum atomic E-state index is -0.0864. The number of benzene rings is 1. The summed E-state index contributed by atoms with van der Waals surface area (Å²) in [5.41, 5.74) is 9.69. The fraction of sp³-hybridized carbons (Fsp3) is 0.550. The number of anilines is 1. The molecule has 3 unspecified atom stereocenters. The van der Waals surface area contributed by atoms with Gasteiger partial charge in [-0.25, -0.2) is 4.79 Å². The number of urea groups is 1. The molecule has 1 aliphatic carbocycles. The highest BCUT2D eigenvalue weighted by atomic mass is 16.2. The van der Waals surface area contributed by atoms with Crippen molar-refractivity contribution in [3.63, 3.8) is 0 Å². The predicted molar refractivity (Wildman–Crippen MR) is 108 cm³/mol. The summed E-state index contributed by atoms with van der Waals surface area (Å²) in [5, 5.41) is 10.8. The SMILES string of the molecule is CCc1ccc(-n2cnnc2)cc1NC(=O)N(C)CC1NNC2CCCCC21. The van der Waals surface area contributed by atoms with Crippen LogP contribution in [0, 0.1) is 5.92 Å². The Kier molecular flexibility index (Phi) is 5.59. The third-order valence-corrected chi connectivity index (χ3v) is 6.04. The topological polar surface area (TPSA) is 87.1 Å². The number of aryl methyl sites for hydroxylation is 1. The first kappa shape index (κ1) is 18.9. The molecule has 0 radical (unpaired) electrons. The molecule has 8 nitrogen and oxygen atoms in total. The summed E-state index contributed by atoms with van der Waals surface area (Å²) in [6.45, 7) is 2.77. The van der Waals surface area contributed by atoms with E-state index >= 15 is 0 Å². The molecule has 3 atom stereocenters. The lowest BCUT2D eigenvalue weighted by Crippen LogP contribution is -2.44. The number of carbonyl (C=O) groups is 1.